The van der Waals surface area contributed by atoms with Crippen LogP contribution in [0.25, 0.3) is 0 Å². The molecule has 1 aromatic carbocycles. The highest BCUT2D eigenvalue weighted by Gasteiger charge is 2.54. The van der Waals surface area contributed by atoms with Crippen molar-refractivity contribution < 1.29 is 9.53 Å². The maximum Gasteiger partial charge on any atom is 0.225 e. The van der Waals surface area contributed by atoms with Crippen molar-refractivity contribution in [3.63, 3.8) is 0 Å². The van der Waals surface area contributed by atoms with E-state index in [2.05, 4.69) is 41.0 Å². The van der Waals surface area contributed by atoms with Crippen LogP contribution < -0.4 is 0 Å². The van der Waals surface area contributed by atoms with Gasteiger partial charge in [0.2, 0.25) is 5.91 Å². The van der Waals surface area contributed by atoms with Gasteiger partial charge < -0.3 is 9.64 Å². The van der Waals surface area contributed by atoms with Crippen molar-refractivity contribution in [2.75, 3.05) is 32.8 Å². The van der Waals surface area contributed by atoms with E-state index >= 15 is 0 Å². The summed E-state index contributed by atoms with van der Waals surface area (Å²) in [5, 5.41) is 0. The molecule has 136 valence electrons. The van der Waals surface area contributed by atoms with Crippen LogP contribution in [0.4, 0.5) is 0 Å². The maximum atomic E-state index is 12.9. The van der Waals surface area contributed by atoms with Crippen LogP contribution in [0, 0.1) is 12.8 Å². The second-order valence-corrected chi connectivity index (χ2v) is 7.86. The molecule has 1 aromatic rings. The van der Waals surface area contributed by atoms with Gasteiger partial charge in [-0.05, 0) is 51.3 Å². The monoisotopic (exact) mass is 342 g/mol. The summed E-state index contributed by atoms with van der Waals surface area (Å²) in [5.41, 5.74) is 2.70. The first-order valence-electron chi connectivity index (χ1n) is 9.87. The van der Waals surface area contributed by atoms with Crippen LogP contribution in [0.3, 0.4) is 0 Å². The number of likely N-dealkylation sites (tertiary alicyclic amines) is 1. The van der Waals surface area contributed by atoms with Gasteiger partial charge >= 0.3 is 0 Å². The average Bonchev–Trinajstić information content (AvgIpc) is 3.06. The molecule has 4 fully saturated rings. The first-order valence-corrected chi connectivity index (χ1v) is 9.87. The lowest BCUT2D eigenvalue weighted by Crippen LogP contribution is -2.60. The van der Waals surface area contributed by atoms with Crippen molar-refractivity contribution in [2.24, 2.45) is 5.92 Å². The standard InChI is InChI=1S/C21H30N2O2/c1-3-25-13-10-19(24)23-14-18(16-6-4-15(2)5-7-16)21-20(23)17-8-11-22(21)12-9-17/h4-7,17-18,20-21H,3,8-14H2,1-2H3/t18-,20+,21+/m0/s1. The fraction of sp³-hybridized carbons (Fsp3) is 0.667. The third-order valence-corrected chi connectivity index (χ3v) is 6.48. The van der Waals surface area contributed by atoms with Crippen LogP contribution in [0.2, 0.25) is 0 Å². The highest BCUT2D eigenvalue weighted by Crippen LogP contribution is 2.46. The summed E-state index contributed by atoms with van der Waals surface area (Å²) in [6.45, 7) is 8.63. The maximum absolute atomic E-state index is 12.9. The molecule has 0 unspecified atom stereocenters. The summed E-state index contributed by atoms with van der Waals surface area (Å²) in [6.07, 6.45) is 3.01. The van der Waals surface area contributed by atoms with Gasteiger partial charge in [0.1, 0.15) is 0 Å². The van der Waals surface area contributed by atoms with E-state index in [4.69, 9.17) is 4.74 Å². The molecule has 3 atom stereocenters. The minimum absolute atomic E-state index is 0.284. The van der Waals surface area contributed by atoms with E-state index in [1.54, 1.807) is 0 Å². The average molecular weight is 342 g/mol. The number of benzene rings is 1. The molecule has 25 heavy (non-hydrogen) atoms. The Hall–Kier alpha value is -1.39. The highest BCUT2D eigenvalue weighted by atomic mass is 16.5. The molecule has 4 aliphatic rings. The number of carbonyl (C=O) groups is 1. The van der Waals surface area contributed by atoms with Crippen LogP contribution in [-0.2, 0) is 9.53 Å². The molecule has 0 aromatic heterocycles. The Morgan fingerprint density at radius 3 is 2.56 bits per heavy atom. The first-order chi connectivity index (χ1) is 12.2. The molecule has 4 saturated heterocycles. The quantitative estimate of drug-likeness (QED) is 0.772. The van der Waals surface area contributed by atoms with Gasteiger partial charge in [-0.25, -0.2) is 0 Å². The topological polar surface area (TPSA) is 32.8 Å². The van der Waals surface area contributed by atoms with Gasteiger partial charge in [0.25, 0.3) is 0 Å². The number of fused-ring (bicyclic) bond motifs is 2. The van der Waals surface area contributed by atoms with Gasteiger partial charge in [0.05, 0.1) is 19.1 Å². The highest BCUT2D eigenvalue weighted by molar-refractivity contribution is 5.77. The van der Waals surface area contributed by atoms with Crippen molar-refractivity contribution in [1.29, 1.82) is 0 Å². The zero-order chi connectivity index (χ0) is 17.4. The zero-order valence-corrected chi connectivity index (χ0v) is 15.5. The zero-order valence-electron chi connectivity index (χ0n) is 15.5. The van der Waals surface area contributed by atoms with Gasteiger partial charge in [-0.2, -0.15) is 0 Å². The third-order valence-electron chi connectivity index (χ3n) is 6.48. The molecule has 2 bridgehead atoms. The first kappa shape index (κ1) is 17.0. The largest absolute Gasteiger partial charge is 0.381 e. The van der Waals surface area contributed by atoms with Crippen LogP contribution in [0.15, 0.2) is 24.3 Å². The van der Waals surface area contributed by atoms with Gasteiger partial charge in [0.15, 0.2) is 0 Å². The molecule has 4 aliphatic heterocycles. The molecule has 0 saturated carbocycles. The van der Waals surface area contributed by atoms with Crippen LogP contribution in [0.5, 0.6) is 0 Å². The van der Waals surface area contributed by atoms with Crippen molar-refractivity contribution in [2.45, 2.75) is 51.1 Å². The summed E-state index contributed by atoms with van der Waals surface area (Å²) in [4.78, 5) is 17.8. The van der Waals surface area contributed by atoms with Crippen LogP contribution in [-0.4, -0.2) is 60.6 Å². The molecule has 0 aliphatic carbocycles. The number of carbonyl (C=O) groups excluding carboxylic acids is 1. The molecule has 5 rings (SSSR count). The van der Waals surface area contributed by atoms with Gasteiger partial charge in [-0.3, -0.25) is 9.69 Å². The number of piperidine rings is 3. The Kier molecular flexibility index (Phi) is 4.83. The number of rotatable bonds is 5. The Bertz CT molecular complexity index is 607. The van der Waals surface area contributed by atoms with Crippen LogP contribution >= 0.6 is 0 Å². The number of hydrogen-bond acceptors (Lipinski definition) is 3. The number of nitrogens with zero attached hydrogens (tertiary/aromatic N) is 2. The SMILES string of the molecule is CCOCCC(=O)N1C[C@@H](c2ccc(C)cc2)[C@@H]2[C@H]1C1CCN2CC1. The van der Waals surface area contributed by atoms with Crippen molar-refractivity contribution in [3.05, 3.63) is 35.4 Å². The summed E-state index contributed by atoms with van der Waals surface area (Å²) < 4.78 is 5.43. The summed E-state index contributed by atoms with van der Waals surface area (Å²) in [7, 11) is 0. The lowest BCUT2D eigenvalue weighted by molar-refractivity contribution is -0.137. The van der Waals surface area contributed by atoms with Crippen molar-refractivity contribution in [3.8, 4) is 0 Å². The Morgan fingerprint density at radius 1 is 1.16 bits per heavy atom. The summed E-state index contributed by atoms with van der Waals surface area (Å²) in [6, 6.07) is 9.87. The van der Waals surface area contributed by atoms with Crippen molar-refractivity contribution in [1.82, 2.24) is 9.80 Å². The predicted octanol–water partition coefficient (Wildman–Crippen LogP) is 2.81. The van der Waals surface area contributed by atoms with Crippen LogP contribution in [0.1, 0.15) is 43.2 Å². The lowest BCUT2D eigenvalue weighted by atomic mass is 9.75. The second kappa shape index (κ2) is 7.08. The lowest BCUT2D eigenvalue weighted by Gasteiger charge is -2.51. The van der Waals surface area contributed by atoms with E-state index < -0.39 is 0 Å². The number of ether oxygens (including phenoxy) is 1. The van der Waals surface area contributed by atoms with E-state index in [0.29, 0.717) is 43.6 Å². The van der Waals surface area contributed by atoms with E-state index in [0.717, 1.165) is 6.54 Å². The second-order valence-electron chi connectivity index (χ2n) is 7.86. The molecular formula is C21H30N2O2. The molecule has 4 nitrogen and oxygen atoms in total. The smallest absolute Gasteiger partial charge is 0.225 e. The Labute approximate surface area is 151 Å². The number of hydrogen-bond donors (Lipinski definition) is 0. The normalized spacial score (nSPS) is 33.5. The number of amides is 1. The Balaban J connectivity index is 1.59. The molecule has 0 N–H and O–H groups in total. The molecule has 0 spiro atoms. The van der Waals surface area contributed by atoms with Gasteiger partial charge in [-0.1, -0.05) is 29.8 Å². The Morgan fingerprint density at radius 2 is 1.88 bits per heavy atom. The fourth-order valence-corrected chi connectivity index (χ4v) is 5.26. The molecular weight excluding hydrogens is 312 g/mol. The summed E-state index contributed by atoms with van der Waals surface area (Å²) in [5.74, 6) is 1.41. The third kappa shape index (κ3) is 3.11. The molecule has 1 amide bonds. The number of aryl methyl sites for hydroxylation is 1. The van der Waals surface area contributed by atoms with E-state index in [9.17, 15) is 4.79 Å². The summed E-state index contributed by atoms with van der Waals surface area (Å²) >= 11 is 0. The van der Waals surface area contributed by atoms with E-state index in [1.165, 1.54) is 37.1 Å². The molecule has 4 heterocycles. The molecule has 0 radical (unpaired) electrons. The van der Waals surface area contributed by atoms with Crippen molar-refractivity contribution >= 4 is 5.91 Å². The van der Waals surface area contributed by atoms with Gasteiger partial charge in [0, 0.05) is 25.1 Å². The minimum Gasteiger partial charge on any atom is -0.381 e. The van der Waals surface area contributed by atoms with Gasteiger partial charge in [-0.15, -0.1) is 0 Å². The predicted molar refractivity (Wildman–Crippen MR) is 98.6 cm³/mol. The van der Waals surface area contributed by atoms with E-state index in [-0.39, 0.29) is 5.91 Å². The molecule has 4 heteroatoms. The minimum atomic E-state index is 0.284. The fourth-order valence-electron chi connectivity index (χ4n) is 5.26. The van der Waals surface area contributed by atoms with E-state index in [1.807, 2.05) is 6.92 Å².